The Morgan fingerprint density at radius 3 is 2.61 bits per heavy atom. The van der Waals surface area contributed by atoms with Crippen molar-refractivity contribution in [2.45, 2.75) is 46.8 Å². The van der Waals surface area contributed by atoms with Crippen molar-refractivity contribution < 1.29 is 14.3 Å². The monoisotopic (exact) mass is 418 g/mol. The molecule has 1 unspecified atom stereocenters. The van der Waals surface area contributed by atoms with Crippen LogP contribution in [0.4, 0.5) is 11.4 Å². The molecule has 0 fully saturated rings. The number of amides is 2. The third kappa shape index (κ3) is 3.79. The Kier molecular flexibility index (Phi) is 5.05. The SMILES string of the molecule is Cc1cccc(Cn2nc(C)c(NC(=O)C3(C)Oc4ccc(C)cc4NC3=O)c2C)c1. The van der Waals surface area contributed by atoms with Crippen LogP contribution in [-0.2, 0) is 16.1 Å². The number of benzene rings is 2. The van der Waals surface area contributed by atoms with Gasteiger partial charge in [0.05, 0.1) is 29.3 Å². The van der Waals surface area contributed by atoms with Crippen LogP contribution in [0.2, 0.25) is 0 Å². The van der Waals surface area contributed by atoms with E-state index in [0.29, 0.717) is 29.4 Å². The Morgan fingerprint density at radius 2 is 1.87 bits per heavy atom. The van der Waals surface area contributed by atoms with Crippen LogP contribution in [0.1, 0.15) is 35.0 Å². The van der Waals surface area contributed by atoms with E-state index in [9.17, 15) is 9.59 Å². The number of carbonyl (C=O) groups excluding carboxylic acids is 2. The van der Waals surface area contributed by atoms with Crippen LogP contribution in [0.5, 0.6) is 5.75 Å². The van der Waals surface area contributed by atoms with Gasteiger partial charge in [0.1, 0.15) is 5.75 Å². The van der Waals surface area contributed by atoms with Gasteiger partial charge in [0.15, 0.2) is 0 Å². The van der Waals surface area contributed by atoms with Gasteiger partial charge in [-0.15, -0.1) is 0 Å². The first-order chi connectivity index (χ1) is 14.7. The number of nitrogens with zero attached hydrogens (tertiary/aromatic N) is 2. The average Bonchev–Trinajstić information content (AvgIpc) is 2.96. The largest absolute Gasteiger partial charge is 0.466 e. The predicted octanol–water partition coefficient (Wildman–Crippen LogP) is 3.89. The molecule has 1 atom stereocenters. The molecule has 0 radical (unpaired) electrons. The van der Waals surface area contributed by atoms with E-state index in [0.717, 1.165) is 16.8 Å². The Balaban J connectivity index is 1.58. The molecule has 1 aromatic heterocycles. The van der Waals surface area contributed by atoms with E-state index in [1.54, 1.807) is 6.07 Å². The van der Waals surface area contributed by atoms with Crippen molar-refractivity contribution in [1.29, 1.82) is 0 Å². The summed E-state index contributed by atoms with van der Waals surface area (Å²) in [5.74, 6) is -0.588. The molecule has 4 rings (SSSR count). The van der Waals surface area contributed by atoms with Crippen LogP contribution >= 0.6 is 0 Å². The molecule has 1 aliphatic rings. The van der Waals surface area contributed by atoms with Crippen molar-refractivity contribution in [3.63, 3.8) is 0 Å². The van der Waals surface area contributed by atoms with E-state index in [1.165, 1.54) is 12.5 Å². The minimum atomic E-state index is -1.69. The number of hydrogen-bond donors (Lipinski definition) is 2. The molecule has 0 saturated heterocycles. The van der Waals surface area contributed by atoms with Crippen LogP contribution in [0.25, 0.3) is 0 Å². The molecule has 7 heteroatoms. The Labute approximate surface area is 181 Å². The summed E-state index contributed by atoms with van der Waals surface area (Å²) in [5, 5.41) is 10.2. The van der Waals surface area contributed by atoms with Gasteiger partial charge < -0.3 is 15.4 Å². The molecule has 2 N–H and O–H groups in total. The van der Waals surface area contributed by atoms with Gasteiger partial charge >= 0.3 is 0 Å². The zero-order valence-corrected chi connectivity index (χ0v) is 18.4. The maximum atomic E-state index is 13.2. The van der Waals surface area contributed by atoms with Gasteiger partial charge in [-0.1, -0.05) is 35.9 Å². The number of aromatic nitrogens is 2. The first-order valence-electron chi connectivity index (χ1n) is 10.2. The van der Waals surface area contributed by atoms with Crippen molar-refractivity contribution in [3.05, 3.63) is 70.5 Å². The summed E-state index contributed by atoms with van der Waals surface area (Å²) in [6.07, 6.45) is 0. The summed E-state index contributed by atoms with van der Waals surface area (Å²) < 4.78 is 7.71. The van der Waals surface area contributed by atoms with Gasteiger partial charge in [-0.25, -0.2) is 0 Å². The lowest BCUT2D eigenvalue weighted by atomic mass is 10.0. The van der Waals surface area contributed by atoms with E-state index in [2.05, 4.69) is 21.8 Å². The molecule has 3 aromatic rings. The molecule has 160 valence electrons. The number of fused-ring (bicyclic) bond motifs is 1. The average molecular weight is 418 g/mol. The van der Waals surface area contributed by atoms with Crippen LogP contribution in [0.3, 0.4) is 0 Å². The van der Waals surface area contributed by atoms with Crippen LogP contribution in [0.15, 0.2) is 42.5 Å². The highest BCUT2D eigenvalue weighted by atomic mass is 16.5. The third-order valence-electron chi connectivity index (χ3n) is 5.60. The van der Waals surface area contributed by atoms with E-state index in [4.69, 9.17) is 4.74 Å². The molecule has 2 amide bonds. The molecule has 0 spiro atoms. The summed E-state index contributed by atoms with van der Waals surface area (Å²) in [6, 6.07) is 13.7. The van der Waals surface area contributed by atoms with Gasteiger partial charge in [-0.05, 0) is 57.9 Å². The topological polar surface area (TPSA) is 85.2 Å². The lowest BCUT2D eigenvalue weighted by Gasteiger charge is -2.33. The summed E-state index contributed by atoms with van der Waals surface area (Å²) in [7, 11) is 0. The van der Waals surface area contributed by atoms with Gasteiger partial charge in [0.25, 0.3) is 17.4 Å². The van der Waals surface area contributed by atoms with Crippen molar-refractivity contribution in [2.24, 2.45) is 0 Å². The standard InChI is InChI=1S/C24H26N4O3/c1-14-7-6-8-18(11-14)13-28-17(4)21(16(3)27-28)26-23(30)24(5)22(29)25-19-12-15(2)9-10-20(19)31-24/h6-12H,13H2,1-5H3,(H,25,29)(H,26,30). The first-order valence-corrected chi connectivity index (χ1v) is 10.2. The highest BCUT2D eigenvalue weighted by Crippen LogP contribution is 2.35. The molecule has 31 heavy (non-hydrogen) atoms. The number of aryl methyl sites for hydroxylation is 3. The number of ether oxygens (including phenoxy) is 1. The van der Waals surface area contributed by atoms with Gasteiger partial charge in [0, 0.05) is 0 Å². The first kappa shape index (κ1) is 20.7. The zero-order valence-electron chi connectivity index (χ0n) is 18.4. The van der Waals surface area contributed by atoms with Crippen LogP contribution in [-0.4, -0.2) is 27.2 Å². The maximum Gasteiger partial charge on any atom is 0.278 e. The lowest BCUT2D eigenvalue weighted by Crippen LogP contribution is -2.56. The van der Waals surface area contributed by atoms with Crippen molar-refractivity contribution >= 4 is 23.2 Å². The Bertz CT molecular complexity index is 1200. The summed E-state index contributed by atoms with van der Waals surface area (Å²) in [4.78, 5) is 25.9. The molecular weight excluding hydrogens is 392 g/mol. The van der Waals surface area contributed by atoms with Gasteiger partial charge in [0.2, 0.25) is 0 Å². The fourth-order valence-electron chi connectivity index (χ4n) is 3.74. The number of carbonyl (C=O) groups is 2. The van der Waals surface area contributed by atoms with Crippen molar-refractivity contribution in [1.82, 2.24) is 9.78 Å². The number of nitrogens with one attached hydrogen (secondary N) is 2. The number of anilines is 2. The molecule has 0 saturated carbocycles. The summed E-state index contributed by atoms with van der Waals surface area (Å²) in [6.45, 7) is 9.76. The Hall–Kier alpha value is -3.61. The second-order valence-corrected chi connectivity index (χ2v) is 8.24. The highest BCUT2D eigenvalue weighted by molar-refractivity contribution is 6.19. The molecule has 7 nitrogen and oxygen atoms in total. The van der Waals surface area contributed by atoms with E-state index >= 15 is 0 Å². The fourth-order valence-corrected chi connectivity index (χ4v) is 3.74. The van der Waals surface area contributed by atoms with Crippen LogP contribution in [0, 0.1) is 27.7 Å². The quantitative estimate of drug-likeness (QED) is 0.630. The van der Waals surface area contributed by atoms with Crippen molar-refractivity contribution in [3.8, 4) is 5.75 Å². The molecule has 0 bridgehead atoms. The van der Waals surface area contributed by atoms with Crippen molar-refractivity contribution in [2.75, 3.05) is 10.6 Å². The predicted molar refractivity (Wildman–Crippen MR) is 119 cm³/mol. The van der Waals surface area contributed by atoms with E-state index < -0.39 is 17.4 Å². The Morgan fingerprint density at radius 1 is 1.13 bits per heavy atom. The molecule has 2 aromatic carbocycles. The minimum Gasteiger partial charge on any atom is -0.466 e. The maximum absolute atomic E-state index is 13.2. The fraction of sp³-hybridized carbons (Fsp3) is 0.292. The molecule has 0 aliphatic carbocycles. The second kappa shape index (κ2) is 7.58. The van der Waals surface area contributed by atoms with E-state index in [1.807, 2.05) is 62.7 Å². The number of rotatable bonds is 4. The smallest absolute Gasteiger partial charge is 0.278 e. The lowest BCUT2D eigenvalue weighted by molar-refractivity contribution is -0.143. The second-order valence-electron chi connectivity index (χ2n) is 8.24. The number of hydrogen-bond acceptors (Lipinski definition) is 4. The van der Waals surface area contributed by atoms with Gasteiger partial charge in [-0.2, -0.15) is 5.10 Å². The summed E-state index contributed by atoms with van der Waals surface area (Å²) >= 11 is 0. The highest BCUT2D eigenvalue weighted by Gasteiger charge is 2.47. The van der Waals surface area contributed by atoms with Crippen LogP contribution < -0.4 is 15.4 Å². The normalized spacial score (nSPS) is 17.5. The third-order valence-corrected chi connectivity index (χ3v) is 5.60. The van der Waals surface area contributed by atoms with Gasteiger partial charge in [-0.3, -0.25) is 14.3 Å². The molecular formula is C24H26N4O3. The molecule has 1 aliphatic heterocycles. The minimum absolute atomic E-state index is 0.464. The molecule has 2 heterocycles. The summed E-state index contributed by atoms with van der Waals surface area (Å²) in [5.41, 5.74) is 4.23. The zero-order chi connectivity index (χ0) is 22.3. The van der Waals surface area contributed by atoms with E-state index in [-0.39, 0.29) is 0 Å².